The Bertz CT molecular complexity index is 1000. The average molecular weight is 545 g/mol. The van der Waals surface area contributed by atoms with Crippen LogP contribution in [0.15, 0.2) is 39.9 Å². The van der Waals surface area contributed by atoms with Gasteiger partial charge in [-0.05, 0) is 71.6 Å². The summed E-state index contributed by atoms with van der Waals surface area (Å²) in [7, 11) is 0. The van der Waals surface area contributed by atoms with Gasteiger partial charge in [0, 0.05) is 6.04 Å². The van der Waals surface area contributed by atoms with E-state index in [1.165, 1.54) is 6.21 Å². The number of carbonyl (C=O) groups is 2. The Hall–Kier alpha value is -2.29. The Labute approximate surface area is 205 Å². The minimum atomic E-state index is -0.841. The van der Waals surface area contributed by atoms with Crippen molar-refractivity contribution in [3.05, 3.63) is 56.0 Å². The first-order valence-corrected chi connectivity index (χ1v) is 11.5. The van der Waals surface area contributed by atoms with Crippen LogP contribution in [0.3, 0.4) is 0 Å². The quantitative estimate of drug-likeness (QED) is 0.261. The molecule has 2 N–H and O–H groups in total. The fraction of sp³-hybridized carbons (Fsp3) is 0.318. The number of ether oxygens (including phenoxy) is 2. The van der Waals surface area contributed by atoms with Crippen molar-refractivity contribution >= 4 is 57.2 Å². The Balaban J connectivity index is 2.10. The Morgan fingerprint density at radius 1 is 1.12 bits per heavy atom. The van der Waals surface area contributed by atoms with E-state index in [1.807, 2.05) is 26.8 Å². The second-order valence-electron chi connectivity index (χ2n) is 6.78. The van der Waals surface area contributed by atoms with Crippen molar-refractivity contribution in [3.63, 3.8) is 0 Å². The van der Waals surface area contributed by atoms with Gasteiger partial charge in [0.25, 0.3) is 0 Å². The van der Waals surface area contributed by atoms with E-state index in [0.29, 0.717) is 38.2 Å². The molecule has 0 spiro atoms. The van der Waals surface area contributed by atoms with E-state index >= 15 is 0 Å². The second-order valence-corrected chi connectivity index (χ2v) is 8.45. The molecule has 0 aromatic heterocycles. The van der Waals surface area contributed by atoms with Crippen molar-refractivity contribution in [3.8, 4) is 11.5 Å². The summed E-state index contributed by atoms with van der Waals surface area (Å²) in [6, 6.07) is 8.63. The lowest BCUT2D eigenvalue weighted by Gasteiger charge is -2.15. The van der Waals surface area contributed by atoms with Crippen molar-refractivity contribution in [2.24, 2.45) is 5.10 Å². The number of nitrogens with one attached hydrogen (secondary N) is 2. The zero-order valence-electron chi connectivity index (χ0n) is 17.9. The first-order chi connectivity index (χ1) is 15.2. The van der Waals surface area contributed by atoms with E-state index in [9.17, 15) is 9.59 Å². The molecule has 0 radical (unpaired) electrons. The summed E-state index contributed by atoms with van der Waals surface area (Å²) in [5.74, 6) is -0.581. The minimum Gasteiger partial charge on any atom is -0.490 e. The summed E-state index contributed by atoms with van der Waals surface area (Å²) in [4.78, 5) is 23.6. The van der Waals surface area contributed by atoms with Crippen LogP contribution in [-0.2, 0) is 16.2 Å². The van der Waals surface area contributed by atoms with Gasteiger partial charge in [0.05, 0.1) is 27.3 Å². The van der Waals surface area contributed by atoms with Crippen molar-refractivity contribution in [1.29, 1.82) is 0 Å². The Morgan fingerprint density at radius 3 is 2.53 bits per heavy atom. The molecule has 1 atom stereocenters. The van der Waals surface area contributed by atoms with Crippen LogP contribution in [0.4, 0.5) is 0 Å². The molecule has 2 amide bonds. The minimum absolute atomic E-state index is 0.0987. The summed E-state index contributed by atoms with van der Waals surface area (Å²) < 4.78 is 12.3. The van der Waals surface area contributed by atoms with Crippen molar-refractivity contribution < 1.29 is 19.1 Å². The summed E-state index contributed by atoms with van der Waals surface area (Å²) in [6.45, 7) is 6.25. The first kappa shape index (κ1) is 26.0. The smallest absolute Gasteiger partial charge is 0.329 e. The van der Waals surface area contributed by atoms with E-state index in [0.717, 1.165) is 12.0 Å². The molecule has 0 aliphatic heterocycles. The van der Waals surface area contributed by atoms with Gasteiger partial charge in [-0.15, -0.1) is 0 Å². The van der Waals surface area contributed by atoms with Crippen LogP contribution in [0.1, 0.15) is 38.3 Å². The molecule has 0 bridgehead atoms. The SMILES string of the molecule is CCOc1cc(/C=N\NC(=O)C(=O)N[C@H](C)CC)cc(Br)c1OCc1ccc(Cl)c(Cl)c1. The highest BCUT2D eigenvalue weighted by molar-refractivity contribution is 9.10. The zero-order valence-corrected chi connectivity index (χ0v) is 21.0. The molecule has 172 valence electrons. The highest BCUT2D eigenvalue weighted by atomic mass is 79.9. The third-order valence-corrected chi connectivity index (χ3v) is 5.60. The molecule has 32 heavy (non-hydrogen) atoms. The summed E-state index contributed by atoms with van der Waals surface area (Å²) in [5, 5.41) is 7.34. The number of rotatable bonds is 9. The molecular formula is C22H24BrCl2N3O4. The molecule has 0 unspecified atom stereocenters. The molecule has 10 heteroatoms. The molecule has 0 heterocycles. The zero-order chi connectivity index (χ0) is 23.7. The topological polar surface area (TPSA) is 89.0 Å². The molecule has 0 aliphatic rings. The fourth-order valence-corrected chi connectivity index (χ4v) is 3.35. The van der Waals surface area contributed by atoms with E-state index < -0.39 is 11.8 Å². The van der Waals surface area contributed by atoms with Crippen LogP contribution in [0.5, 0.6) is 11.5 Å². The molecule has 2 rings (SSSR count). The summed E-state index contributed by atoms with van der Waals surface area (Å²) in [5.41, 5.74) is 3.68. The summed E-state index contributed by atoms with van der Waals surface area (Å²) >= 11 is 15.5. The maximum Gasteiger partial charge on any atom is 0.329 e. The number of carbonyl (C=O) groups excluding carboxylic acids is 2. The predicted molar refractivity (Wildman–Crippen MR) is 130 cm³/mol. The van der Waals surface area contributed by atoms with E-state index in [2.05, 4.69) is 31.8 Å². The number of halogens is 3. The van der Waals surface area contributed by atoms with Gasteiger partial charge in [-0.2, -0.15) is 5.10 Å². The molecule has 0 saturated heterocycles. The highest BCUT2D eigenvalue weighted by Crippen LogP contribution is 2.37. The number of benzene rings is 2. The van der Waals surface area contributed by atoms with Gasteiger partial charge in [-0.1, -0.05) is 36.2 Å². The number of amides is 2. The van der Waals surface area contributed by atoms with Crippen LogP contribution in [0, 0.1) is 0 Å². The Morgan fingerprint density at radius 2 is 1.88 bits per heavy atom. The van der Waals surface area contributed by atoms with Crippen LogP contribution in [0.25, 0.3) is 0 Å². The van der Waals surface area contributed by atoms with Gasteiger partial charge in [0.15, 0.2) is 11.5 Å². The molecule has 7 nitrogen and oxygen atoms in total. The van der Waals surface area contributed by atoms with Crippen molar-refractivity contribution in [2.75, 3.05) is 6.61 Å². The lowest BCUT2D eigenvalue weighted by atomic mass is 10.2. The summed E-state index contributed by atoms with van der Waals surface area (Å²) in [6.07, 6.45) is 2.13. The van der Waals surface area contributed by atoms with Gasteiger partial charge in [-0.3, -0.25) is 9.59 Å². The van der Waals surface area contributed by atoms with Crippen LogP contribution in [-0.4, -0.2) is 30.7 Å². The van der Waals surface area contributed by atoms with Crippen LogP contribution >= 0.6 is 39.1 Å². The van der Waals surface area contributed by atoms with E-state index in [1.54, 1.807) is 24.3 Å². The predicted octanol–water partition coefficient (Wildman–Crippen LogP) is 5.10. The van der Waals surface area contributed by atoms with Gasteiger partial charge < -0.3 is 14.8 Å². The normalized spacial score (nSPS) is 11.8. The molecule has 2 aromatic carbocycles. The number of hydrogen-bond acceptors (Lipinski definition) is 5. The van der Waals surface area contributed by atoms with Crippen molar-refractivity contribution in [1.82, 2.24) is 10.7 Å². The maximum absolute atomic E-state index is 11.8. The highest BCUT2D eigenvalue weighted by Gasteiger charge is 2.15. The lowest BCUT2D eigenvalue weighted by Crippen LogP contribution is -2.41. The molecular weight excluding hydrogens is 521 g/mol. The van der Waals surface area contributed by atoms with E-state index in [-0.39, 0.29) is 12.6 Å². The van der Waals surface area contributed by atoms with Gasteiger partial charge in [0.2, 0.25) is 0 Å². The fourth-order valence-electron chi connectivity index (χ4n) is 2.46. The van der Waals surface area contributed by atoms with Gasteiger partial charge in [-0.25, -0.2) is 5.43 Å². The largest absolute Gasteiger partial charge is 0.490 e. The molecule has 0 fully saturated rings. The Kier molecular flexibility index (Phi) is 10.3. The number of nitrogens with zero attached hydrogens (tertiary/aromatic N) is 1. The lowest BCUT2D eigenvalue weighted by molar-refractivity contribution is -0.139. The van der Waals surface area contributed by atoms with E-state index in [4.69, 9.17) is 32.7 Å². The molecule has 0 aliphatic carbocycles. The maximum atomic E-state index is 11.8. The van der Waals surface area contributed by atoms with Gasteiger partial charge >= 0.3 is 11.8 Å². The monoisotopic (exact) mass is 543 g/mol. The number of hydrazone groups is 1. The molecule has 0 saturated carbocycles. The molecule has 2 aromatic rings. The van der Waals surface area contributed by atoms with Crippen LogP contribution < -0.4 is 20.2 Å². The third-order valence-electron chi connectivity index (χ3n) is 4.27. The van der Waals surface area contributed by atoms with Gasteiger partial charge in [0.1, 0.15) is 6.61 Å². The van der Waals surface area contributed by atoms with Crippen molar-refractivity contribution in [2.45, 2.75) is 39.8 Å². The standard InChI is InChI=1S/C22H24BrCl2N3O4/c1-4-13(3)27-21(29)22(30)28-26-11-15-8-16(23)20(19(10-15)31-5-2)32-12-14-6-7-17(24)18(25)9-14/h6-11,13H,4-5,12H2,1-3H3,(H,27,29)(H,28,30)/b26-11-/t13-/m1/s1. The second kappa shape index (κ2) is 12.7. The number of hydrogen-bond donors (Lipinski definition) is 2. The first-order valence-electron chi connectivity index (χ1n) is 9.92. The average Bonchev–Trinajstić information content (AvgIpc) is 2.75. The van der Waals surface area contributed by atoms with Crippen LogP contribution in [0.2, 0.25) is 10.0 Å². The third kappa shape index (κ3) is 7.69.